The van der Waals surface area contributed by atoms with Crippen LogP contribution in [0, 0.1) is 17.3 Å². The molecule has 0 saturated heterocycles. The fourth-order valence-corrected chi connectivity index (χ4v) is 3.36. The summed E-state index contributed by atoms with van der Waals surface area (Å²) in [5.41, 5.74) is 6.30. The molecule has 1 aromatic rings. The van der Waals surface area contributed by atoms with Gasteiger partial charge >= 0.3 is 5.97 Å². The predicted molar refractivity (Wildman–Crippen MR) is 99.5 cm³/mol. The van der Waals surface area contributed by atoms with Gasteiger partial charge in [-0.05, 0) is 61.3 Å². The van der Waals surface area contributed by atoms with Crippen LogP contribution in [0.15, 0.2) is 24.3 Å². The topological polar surface area (TPSA) is 98.5 Å². The van der Waals surface area contributed by atoms with Crippen LogP contribution in [0.3, 0.4) is 0 Å². The number of rotatable bonds is 5. The van der Waals surface area contributed by atoms with Crippen molar-refractivity contribution >= 4 is 23.5 Å². The summed E-state index contributed by atoms with van der Waals surface area (Å²) in [5.74, 6) is -0.724. The van der Waals surface area contributed by atoms with E-state index in [2.05, 4.69) is 26.1 Å². The molecule has 0 unspecified atom stereocenters. The Morgan fingerprint density at radius 1 is 1.08 bits per heavy atom. The lowest BCUT2D eigenvalue weighted by Gasteiger charge is -2.36. The first kappa shape index (κ1) is 19.9. The Hall–Kier alpha value is -2.37. The maximum atomic E-state index is 12.2. The predicted octanol–water partition coefficient (Wildman–Crippen LogP) is 3.12. The Bertz CT molecular complexity index is 653. The highest BCUT2D eigenvalue weighted by atomic mass is 16.5. The Morgan fingerprint density at radius 2 is 1.65 bits per heavy atom. The summed E-state index contributed by atoms with van der Waals surface area (Å²) in [6.45, 7) is 6.39. The van der Waals surface area contributed by atoms with E-state index in [9.17, 15) is 14.4 Å². The van der Waals surface area contributed by atoms with Crippen LogP contribution >= 0.6 is 0 Å². The van der Waals surface area contributed by atoms with Gasteiger partial charge in [-0.25, -0.2) is 0 Å². The second-order valence-corrected chi connectivity index (χ2v) is 8.01. The molecule has 1 saturated carbocycles. The fraction of sp³-hybridized carbons (Fsp3) is 0.550. The number of amides is 2. The summed E-state index contributed by atoms with van der Waals surface area (Å²) < 4.78 is 5.17. The molecule has 0 bridgehead atoms. The third-order valence-electron chi connectivity index (χ3n) is 5.08. The zero-order valence-electron chi connectivity index (χ0n) is 15.7. The van der Waals surface area contributed by atoms with E-state index >= 15 is 0 Å². The molecule has 26 heavy (non-hydrogen) atoms. The Morgan fingerprint density at radius 3 is 2.15 bits per heavy atom. The summed E-state index contributed by atoms with van der Waals surface area (Å²) in [4.78, 5) is 35.1. The molecule has 0 heterocycles. The van der Waals surface area contributed by atoms with Crippen LogP contribution < -0.4 is 11.1 Å². The van der Waals surface area contributed by atoms with Crippen LogP contribution in [0.5, 0.6) is 0 Å². The van der Waals surface area contributed by atoms with Gasteiger partial charge in [0.15, 0.2) is 6.61 Å². The van der Waals surface area contributed by atoms with Crippen molar-refractivity contribution in [2.45, 2.75) is 46.5 Å². The highest BCUT2D eigenvalue weighted by Crippen LogP contribution is 2.40. The third-order valence-corrected chi connectivity index (χ3v) is 5.08. The number of carbonyl (C=O) groups is 3. The highest BCUT2D eigenvalue weighted by Gasteiger charge is 2.33. The molecule has 6 nitrogen and oxygen atoms in total. The second kappa shape index (κ2) is 8.34. The molecule has 1 aliphatic carbocycles. The molecule has 1 aliphatic rings. The van der Waals surface area contributed by atoms with Gasteiger partial charge in [0, 0.05) is 11.3 Å². The maximum absolute atomic E-state index is 12.2. The number of benzene rings is 1. The van der Waals surface area contributed by atoms with E-state index in [1.54, 1.807) is 12.1 Å². The quantitative estimate of drug-likeness (QED) is 0.788. The van der Waals surface area contributed by atoms with Crippen LogP contribution in [0.4, 0.5) is 5.69 Å². The van der Waals surface area contributed by atoms with Crippen molar-refractivity contribution in [1.29, 1.82) is 0 Å². The molecule has 6 heteroatoms. The van der Waals surface area contributed by atoms with E-state index in [1.807, 2.05) is 0 Å². The third kappa shape index (κ3) is 5.58. The monoisotopic (exact) mass is 360 g/mol. The van der Waals surface area contributed by atoms with Crippen molar-refractivity contribution in [3.8, 4) is 0 Å². The molecule has 0 aliphatic heterocycles. The van der Waals surface area contributed by atoms with Crippen LogP contribution in [0.25, 0.3) is 0 Å². The van der Waals surface area contributed by atoms with Gasteiger partial charge in [-0.3, -0.25) is 14.4 Å². The van der Waals surface area contributed by atoms with Gasteiger partial charge in [0.25, 0.3) is 5.91 Å². The first-order chi connectivity index (χ1) is 12.2. The van der Waals surface area contributed by atoms with Gasteiger partial charge in [0.05, 0.1) is 5.92 Å². The molecule has 0 aromatic heterocycles. The van der Waals surface area contributed by atoms with E-state index in [4.69, 9.17) is 10.5 Å². The molecule has 3 N–H and O–H groups in total. The van der Waals surface area contributed by atoms with E-state index in [0.29, 0.717) is 17.2 Å². The van der Waals surface area contributed by atoms with Crippen LogP contribution in [-0.4, -0.2) is 24.4 Å². The summed E-state index contributed by atoms with van der Waals surface area (Å²) in [5, 5.41) is 2.63. The summed E-state index contributed by atoms with van der Waals surface area (Å²) in [6.07, 6.45) is 3.66. The fourth-order valence-electron chi connectivity index (χ4n) is 3.36. The van der Waals surface area contributed by atoms with Gasteiger partial charge in [0.1, 0.15) is 0 Å². The molecule has 0 atom stereocenters. The van der Waals surface area contributed by atoms with Gasteiger partial charge in [-0.1, -0.05) is 20.8 Å². The zero-order chi connectivity index (χ0) is 19.3. The second-order valence-electron chi connectivity index (χ2n) is 8.01. The van der Waals surface area contributed by atoms with Crippen LogP contribution in [0.2, 0.25) is 0 Å². The smallest absolute Gasteiger partial charge is 0.309 e. The zero-order valence-corrected chi connectivity index (χ0v) is 15.7. The molecule has 1 fully saturated rings. The van der Waals surface area contributed by atoms with Crippen molar-refractivity contribution in [3.05, 3.63) is 29.8 Å². The standard InChI is InChI=1S/C20H28N2O4/c1-20(2,3)15-8-4-14(5-9-15)19(25)26-12-17(23)22-16-10-6-13(7-11-16)18(21)24/h6-7,10-11,14-15H,4-5,8-9,12H2,1-3H3,(H2,21,24)(H,22,23). The van der Waals surface area contributed by atoms with Gasteiger partial charge in [0.2, 0.25) is 5.91 Å². The normalized spacial score (nSPS) is 20.3. The molecule has 0 spiro atoms. The van der Waals surface area contributed by atoms with Crippen molar-refractivity contribution in [1.82, 2.24) is 0 Å². The Balaban J connectivity index is 1.75. The lowest BCUT2D eigenvalue weighted by atomic mass is 9.70. The number of nitrogens with two attached hydrogens (primary N) is 1. The minimum atomic E-state index is -0.530. The van der Waals surface area contributed by atoms with Crippen LogP contribution in [-0.2, 0) is 14.3 Å². The maximum Gasteiger partial charge on any atom is 0.309 e. The number of anilines is 1. The molecule has 0 radical (unpaired) electrons. The number of hydrogen-bond acceptors (Lipinski definition) is 4. The van der Waals surface area contributed by atoms with E-state index < -0.39 is 11.8 Å². The molecular formula is C20H28N2O4. The lowest BCUT2D eigenvalue weighted by molar-refractivity contribution is -0.153. The first-order valence-corrected chi connectivity index (χ1v) is 9.03. The van der Waals surface area contributed by atoms with Crippen molar-refractivity contribution < 1.29 is 19.1 Å². The van der Waals surface area contributed by atoms with E-state index in [0.717, 1.165) is 25.7 Å². The number of carbonyl (C=O) groups excluding carboxylic acids is 3. The average molecular weight is 360 g/mol. The van der Waals surface area contributed by atoms with Gasteiger partial charge in [-0.2, -0.15) is 0 Å². The highest BCUT2D eigenvalue weighted by molar-refractivity contribution is 5.95. The van der Waals surface area contributed by atoms with E-state index in [-0.39, 0.29) is 23.9 Å². The number of primary amides is 1. The van der Waals surface area contributed by atoms with Crippen molar-refractivity contribution in [2.75, 3.05) is 11.9 Å². The number of nitrogens with one attached hydrogen (secondary N) is 1. The number of hydrogen-bond donors (Lipinski definition) is 2. The van der Waals surface area contributed by atoms with Crippen molar-refractivity contribution in [3.63, 3.8) is 0 Å². The number of ether oxygens (including phenoxy) is 1. The van der Waals surface area contributed by atoms with Gasteiger partial charge < -0.3 is 15.8 Å². The molecule has 2 amide bonds. The average Bonchev–Trinajstić information content (AvgIpc) is 2.59. The number of esters is 1. The van der Waals surface area contributed by atoms with Crippen molar-refractivity contribution in [2.24, 2.45) is 23.0 Å². The van der Waals surface area contributed by atoms with Gasteiger partial charge in [-0.15, -0.1) is 0 Å². The summed E-state index contributed by atoms with van der Waals surface area (Å²) in [7, 11) is 0. The minimum absolute atomic E-state index is 0.115. The summed E-state index contributed by atoms with van der Waals surface area (Å²) in [6, 6.07) is 6.20. The lowest BCUT2D eigenvalue weighted by Crippen LogP contribution is -2.31. The first-order valence-electron chi connectivity index (χ1n) is 9.03. The molecular weight excluding hydrogens is 332 g/mol. The SMILES string of the molecule is CC(C)(C)C1CCC(C(=O)OCC(=O)Nc2ccc(C(N)=O)cc2)CC1. The Labute approximate surface area is 154 Å². The minimum Gasteiger partial charge on any atom is -0.455 e. The Kier molecular flexibility index (Phi) is 6.40. The molecule has 1 aromatic carbocycles. The summed E-state index contributed by atoms with van der Waals surface area (Å²) >= 11 is 0. The molecule has 2 rings (SSSR count). The van der Waals surface area contributed by atoms with E-state index in [1.165, 1.54) is 12.1 Å². The molecule has 142 valence electrons. The largest absolute Gasteiger partial charge is 0.455 e. The van der Waals surface area contributed by atoms with Crippen LogP contribution in [0.1, 0.15) is 56.8 Å².